The lowest BCUT2D eigenvalue weighted by atomic mass is 10.2. The fourth-order valence-corrected chi connectivity index (χ4v) is 1.86. The maximum absolute atomic E-state index is 4.39. The fourth-order valence-electron chi connectivity index (χ4n) is 1.86. The molecule has 0 N–H and O–H groups in total. The third-order valence-electron chi connectivity index (χ3n) is 2.90. The molecule has 1 heterocycles. The summed E-state index contributed by atoms with van der Waals surface area (Å²) in [5.74, 6) is 0. The van der Waals surface area contributed by atoms with Crippen molar-refractivity contribution < 1.29 is 0 Å². The number of benzene rings is 1. The van der Waals surface area contributed by atoms with E-state index in [9.17, 15) is 0 Å². The zero-order chi connectivity index (χ0) is 13.1. The van der Waals surface area contributed by atoms with E-state index < -0.39 is 0 Å². The molecule has 0 radical (unpaired) electrons. The Labute approximate surface area is 108 Å². The summed E-state index contributed by atoms with van der Waals surface area (Å²) in [6.45, 7) is 0. The Morgan fingerprint density at radius 3 is 2.28 bits per heavy atom. The summed E-state index contributed by atoms with van der Waals surface area (Å²) in [5.41, 5.74) is 1.95. The lowest BCUT2D eigenvalue weighted by Gasteiger charge is -2.22. The molecule has 0 aliphatic carbocycles. The van der Waals surface area contributed by atoms with Crippen LogP contribution in [0.4, 0.5) is 11.4 Å². The Hall–Kier alpha value is -2.04. The summed E-state index contributed by atoms with van der Waals surface area (Å²) in [6, 6.07) is 7.99. The summed E-state index contributed by atoms with van der Waals surface area (Å²) >= 11 is 0. The van der Waals surface area contributed by atoms with Gasteiger partial charge in [0.25, 0.3) is 0 Å². The lowest BCUT2D eigenvalue weighted by molar-refractivity contribution is 0.206. The Balaban J connectivity index is 2.19. The van der Waals surface area contributed by atoms with E-state index in [1.165, 1.54) is 0 Å². The first-order chi connectivity index (χ1) is 8.59. The second-order valence-corrected chi connectivity index (χ2v) is 4.57. The van der Waals surface area contributed by atoms with Gasteiger partial charge in [-0.05, 0) is 12.1 Å². The monoisotopic (exact) mass is 245 g/mol. The number of para-hydroxylation sites is 1. The van der Waals surface area contributed by atoms with Gasteiger partial charge in [-0.1, -0.05) is 12.1 Å². The molecule has 1 aromatic carbocycles. The van der Waals surface area contributed by atoms with E-state index in [-0.39, 0.29) is 6.29 Å². The highest BCUT2D eigenvalue weighted by Gasteiger charge is 2.19. The van der Waals surface area contributed by atoms with E-state index in [0.717, 1.165) is 11.4 Å². The van der Waals surface area contributed by atoms with Gasteiger partial charge in [0, 0.05) is 40.6 Å². The van der Waals surface area contributed by atoms with Gasteiger partial charge in [0.05, 0.1) is 5.69 Å². The van der Waals surface area contributed by atoms with Crippen LogP contribution in [0, 0.1) is 0 Å². The molecule has 0 fully saturated rings. The quantitative estimate of drug-likeness (QED) is 0.767. The molecule has 0 amide bonds. The van der Waals surface area contributed by atoms with E-state index in [4.69, 9.17) is 0 Å². The van der Waals surface area contributed by atoms with Gasteiger partial charge in [-0.2, -0.15) is 0 Å². The van der Waals surface area contributed by atoms with E-state index in [0.29, 0.717) is 0 Å². The van der Waals surface area contributed by atoms with Crippen LogP contribution in [0.5, 0.6) is 0 Å². The number of nitrogens with zero attached hydrogens (tertiary/aromatic N) is 5. The van der Waals surface area contributed by atoms with Crippen LogP contribution in [0.15, 0.2) is 46.9 Å². The van der Waals surface area contributed by atoms with E-state index in [1.54, 1.807) is 0 Å². The number of hydrogen-bond donors (Lipinski definition) is 0. The fraction of sp³-hybridized carbons (Fsp3) is 0.385. The first-order valence-corrected chi connectivity index (χ1v) is 5.89. The van der Waals surface area contributed by atoms with Crippen LogP contribution in [0.2, 0.25) is 0 Å². The van der Waals surface area contributed by atoms with Crippen molar-refractivity contribution in [2.24, 2.45) is 10.2 Å². The maximum atomic E-state index is 4.39. The smallest absolute Gasteiger partial charge is 0.217 e. The molecule has 1 aromatic rings. The topological polar surface area (TPSA) is 34.4 Å². The van der Waals surface area contributed by atoms with E-state index >= 15 is 0 Å². The molecule has 2 rings (SSSR count). The molecule has 0 atom stereocenters. The average molecular weight is 245 g/mol. The first-order valence-electron chi connectivity index (χ1n) is 5.89. The van der Waals surface area contributed by atoms with Crippen LogP contribution in [0.25, 0.3) is 0 Å². The van der Waals surface area contributed by atoms with Crippen LogP contribution in [-0.2, 0) is 0 Å². The van der Waals surface area contributed by atoms with Crippen LogP contribution in [-0.4, -0.2) is 44.3 Å². The molecule has 5 nitrogen and oxygen atoms in total. The summed E-state index contributed by atoms with van der Waals surface area (Å²) in [6.07, 6.45) is 3.92. The highest BCUT2D eigenvalue weighted by atomic mass is 15.5. The molecule has 0 saturated carbocycles. The Morgan fingerprint density at radius 1 is 1.06 bits per heavy atom. The standard InChI is InChI=1S/C13H19N5/c1-16(2)12-8-6-5-7-11(12)14-15-13-17(3)9-10-18(13)4/h5-10,13H,1-4H3. The minimum absolute atomic E-state index is 0.0554. The van der Waals surface area contributed by atoms with Crippen molar-refractivity contribution in [3.8, 4) is 0 Å². The third-order valence-corrected chi connectivity index (χ3v) is 2.90. The Morgan fingerprint density at radius 2 is 1.67 bits per heavy atom. The van der Waals surface area contributed by atoms with Crippen LogP contribution < -0.4 is 4.90 Å². The van der Waals surface area contributed by atoms with Gasteiger partial charge < -0.3 is 14.7 Å². The minimum atomic E-state index is -0.0554. The number of anilines is 1. The van der Waals surface area contributed by atoms with Crippen molar-refractivity contribution in [2.45, 2.75) is 6.29 Å². The Bertz CT molecular complexity index is 454. The van der Waals surface area contributed by atoms with Gasteiger partial charge in [0.15, 0.2) is 0 Å². The number of azo groups is 1. The summed E-state index contributed by atoms with van der Waals surface area (Å²) in [5, 5.41) is 8.76. The molecular weight excluding hydrogens is 226 g/mol. The van der Waals surface area contributed by atoms with Crippen molar-refractivity contribution in [1.82, 2.24) is 9.80 Å². The summed E-state index contributed by atoms with van der Waals surface area (Å²) < 4.78 is 0. The second-order valence-electron chi connectivity index (χ2n) is 4.57. The molecule has 18 heavy (non-hydrogen) atoms. The van der Waals surface area contributed by atoms with Crippen molar-refractivity contribution in [3.63, 3.8) is 0 Å². The van der Waals surface area contributed by atoms with Crippen LogP contribution in [0.3, 0.4) is 0 Å². The van der Waals surface area contributed by atoms with Gasteiger partial charge >= 0.3 is 0 Å². The maximum Gasteiger partial charge on any atom is 0.217 e. The molecule has 0 aromatic heterocycles. The highest BCUT2D eigenvalue weighted by Crippen LogP contribution is 2.27. The van der Waals surface area contributed by atoms with Gasteiger partial charge in [-0.25, -0.2) is 0 Å². The average Bonchev–Trinajstić information content (AvgIpc) is 2.67. The van der Waals surface area contributed by atoms with Crippen molar-refractivity contribution in [3.05, 3.63) is 36.7 Å². The molecular formula is C13H19N5. The van der Waals surface area contributed by atoms with Crippen molar-refractivity contribution in [1.29, 1.82) is 0 Å². The molecule has 96 valence electrons. The van der Waals surface area contributed by atoms with E-state index in [1.807, 2.05) is 79.6 Å². The number of hydrogen-bond acceptors (Lipinski definition) is 5. The SMILES string of the molecule is CN(C)c1ccccc1N=NC1N(C)C=CN1C. The van der Waals surface area contributed by atoms with Crippen LogP contribution >= 0.6 is 0 Å². The summed E-state index contributed by atoms with van der Waals surface area (Å²) in [4.78, 5) is 6.07. The number of rotatable bonds is 3. The second kappa shape index (κ2) is 5.08. The zero-order valence-corrected chi connectivity index (χ0v) is 11.3. The predicted molar refractivity (Wildman–Crippen MR) is 73.7 cm³/mol. The minimum Gasteiger partial charge on any atom is -0.376 e. The molecule has 0 bridgehead atoms. The molecule has 0 saturated heterocycles. The molecule has 0 spiro atoms. The van der Waals surface area contributed by atoms with Crippen LogP contribution in [0.1, 0.15) is 0 Å². The summed E-state index contributed by atoms with van der Waals surface area (Å²) in [7, 11) is 7.98. The highest BCUT2D eigenvalue weighted by molar-refractivity contribution is 5.65. The van der Waals surface area contributed by atoms with Gasteiger partial charge in [0.2, 0.25) is 6.29 Å². The molecule has 1 aliphatic rings. The van der Waals surface area contributed by atoms with Gasteiger partial charge in [0.1, 0.15) is 5.69 Å². The zero-order valence-electron chi connectivity index (χ0n) is 11.3. The molecule has 0 unspecified atom stereocenters. The van der Waals surface area contributed by atoms with Crippen molar-refractivity contribution in [2.75, 3.05) is 33.1 Å². The molecule has 1 aliphatic heterocycles. The van der Waals surface area contributed by atoms with Gasteiger partial charge in [-0.15, -0.1) is 10.2 Å². The van der Waals surface area contributed by atoms with Crippen molar-refractivity contribution >= 4 is 11.4 Å². The first kappa shape index (κ1) is 12.4. The Kier molecular flexibility index (Phi) is 3.50. The van der Waals surface area contributed by atoms with E-state index in [2.05, 4.69) is 10.2 Å². The largest absolute Gasteiger partial charge is 0.376 e. The van der Waals surface area contributed by atoms with Gasteiger partial charge in [-0.3, -0.25) is 0 Å². The normalized spacial score (nSPS) is 16.0. The predicted octanol–water partition coefficient (Wildman–Crippen LogP) is 2.47. The molecule has 5 heteroatoms. The lowest BCUT2D eigenvalue weighted by Crippen LogP contribution is -2.31. The third kappa shape index (κ3) is 2.45.